The molecule has 0 saturated carbocycles. The van der Waals surface area contributed by atoms with E-state index in [-0.39, 0.29) is 56.7 Å². The number of benzene rings is 2. The first-order chi connectivity index (χ1) is 18.7. The van der Waals surface area contributed by atoms with E-state index in [4.69, 9.17) is 26.1 Å². The van der Waals surface area contributed by atoms with Crippen molar-refractivity contribution in [1.29, 1.82) is 0 Å². The summed E-state index contributed by atoms with van der Waals surface area (Å²) in [5, 5.41) is 4.30. The van der Waals surface area contributed by atoms with Crippen molar-refractivity contribution in [3.05, 3.63) is 71.1 Å². The minimum absolute atomic E-state index is 0. The largest absolute Gasteiger partial charge is 0.469 e. The summed E-state index contributed by atoms with van der Waals surface area (Å²) in [6.07, 6.45) is 1.20. The fourth-order valence-corrected chi connectivity index (χ4v) is 4.83. The van der Waals surface area contributed by atoms with Crippen LogP contribution in [0.1, 0.15) is 39.7 Å². The molecule has 1 atom stereocenters. The van der Waals surface area contributed by atoms with Crippen LogP contribution in [-0.4, -0.2) is 58.0 Å². The third-order valence-electron chi connectivity index (χ3n) is 6.26. The molecule has 0 fully saturated rings. The van der Waals surface area contributed by atoms with Gasteiger partial charge in [0.2, 0.25) is 5.91 Å². The molecule has 0 spiro atoms. The summed E-state index contributed by atoms with van der Waals surface area (Å²) in [5.74, 6) is -0.616. The van der Waals surface area contributed by atoms with Crippen molar-refractivity contribution in [2.75, 3.05) is 25.6 Å². The van der Waals surface area contributed by atoms with Gasteiger partial charge in [-0.25, -0.2) is 18.7 Å². The van der Waals surface area contributed by atoms with Gasteiger partial charge in [0.1, 0.15) is 18.2 Å². The van der Waals surface area contributed by atoms with Crippen LogP contribution < -0.4 is 5.32 Å². The normalized spacial score (nSPS) is 12.4. The van der Waals surface area contributed by atoms with Gasteiger partial charge in [0, 0.05) is 25.1 Å². The summed E-state index contributed by atoms with van der Waals surface area (Å²) in [4.78, 5) is 49.5. The monoisotopic (exact) mass is 611 g/mol. The van der Waals surface area contributed by atoms with Gasteiger partial charge in [-0.2, -0.15) is 0 Å². The Morgan fingerprint density at radius 1 is 1.17 bits per heavy atom. The van der Waals surface area contributed by atoms with Gasteiger partial charge in [-0.15, -0.1) is 0 Å². The van der Waals surface area contributed by atoms with Gasteiger partial charge >= 0.3 is 13.9 Å². The Morgan fingerprint density at radius 3 is 2.54 bits per heavy atom. The molecule has 2 aromatic carbocycles. The number of likely N-dealkylation sites (N-methyl/N-ethyl adjacent to an activating group) is 1. The molecule has 2 amide bonds. The predicted octanol–water partition coefficient (Wildman–Crippen LogP) is 6.20. The molecular weight excluding hydrogens is 576 g/mol. The quantitative estimate of drug-likeness (QED) is 0.206. The highest BCUT2D eigenvalue weighted by Gasteiger charge is 2.31. The highest BCUT2D eigenvalue weighted by molar-refractivity contribution is 7.46. The number of anilines is 1. The number of rotatable bonds is 12. The average Bonchev–Trinajstić information content (AvgIpc) is 2.89. The van der Waals surface area contributed by atoms with E-state index in [1.54, 1.807) is 32.2 Å². The van der Waals surface area contributed by atoms with Crippen LogP contribution in [0, 0.1) is 11.2 Å². The number of amides is 2. The molecule has 3 aromatic rings. The lowest BCUT2D eigenvalue weighted by molar-refractivity contribution is -0.133. The number of carbonyl (C=O) groups is 2. The fourth-order valence-electron chi connectivity index (χ4n) is 4.09. The molecule has 1 aromatic heterocycles. The molecule has 0 aliphatic heterocycles. The molecular formula is C28H36ClFN3O7P. The Hall–Kier alpha value is -3.08. The second-order valence-corrected chi connectivity index (χ2v) is 11.8. The van der Waals surface area contributed by atoms with Gasteiger partial charge in [0.25, 0.3) is 0 Å². The van der Waals surface area contributed by atoms with Crippen LogP contribution in [0.15, 0.2) is 54.7 Å². The van der Waals surface area contributed by atoms with Crippen molar-refractivity contribution >= 4 is 48.0 Å². The summed E-state index contributed by atoms with van der Waals surface area (Å²) in [6.45, 7) is 2.89. The number of nitrogens with one attached hydrogen (secondary N) is 1. The first-order valence-corrected chi connectivity index (χ1v) is 14.3. The Morgan fingerprint density at radius 2 is 1.85 bits per heavy atom. The van der Waals surface area contributed by atoms with Gasteiger partial charge in [-0.1, -0.05) is 69.3 Å². The van der Waals surface area contributed by atoms with E-state index in [0.717, 1.165) is 10.8 Å². The Kier molecular flexibility index (Phi) is 12.2. The number of ether oxygens (including phenoxy) is 1. The molecule has 0 aliphatic carbocycles. The number of hydrogen-bond acceptors (Lipinski definition) is 6. The zero-order valence-corrected chi connectivity index (χ0v) is 24.0. The number of phosphoric acid groups is 1. The molecule has 0 bridgehead atoms. The Bertz CT molecular complexity index is 1400. The molecule has 13 heteroatoms. The lowest BCUT2D eigenvalue weighted by Crippen LogP contribution is -2.44. The second kappa shape index (κ2) is 14.7. The lowest BCUT2D eigenvalue weighted by Gasteiger charge is -2.34. The number of carbonyl (C=O) groups excluding carboxylic acids is 2. The zero-order valence-electron chi connectivity index (χ0n) is 22.3. The number of phosphoric ester groups is 1. The third-order valence-corrected chi connectivity index (χ3v) is 7.15. The molecule has 0 unspecified atom stereocenters. The van der Waals surface area contributed by atoms with Gasteiger partial charge in [-0.3, -0.25) is 14.6 Å². The van der Waals surface area contributed by atoms with Crippen molar-refractivity contribution in [1.82, 2.24) is 9.88 Å². The zero-order chi connectivity index (χ0) is 29.5. The number of aryl methyl sites for hydroxylation is 1. The van der Waals surface area contributed by atoms with Crippen molar-refractivity contribution in [3.8, 4) is 0 Å². The van der Waals surface area contributed by atoms with Crippen LogP contribution in [0.3, 0.4) is 0 Å². The maximum absolute atomic E-state index is 13.8. The predicted molar refractivity (Wildman–Crippen MR) is 156 cm³/mol. The number of pyridine rings is 1. The highest BCUT2D eigenvalue weighted by atomic mass is 35.5. The smallest absolute Gasteiger partial charge is 0.447 e. The molecule has 3 rings (SSSR count). The number of fused-ring (bicyclic) bond motifs is 1. The average molecular weight is 612 g/mol. The molecule has 10 nitrogen and oxygen atoms in total. The third kappa shape index (κ3) is 10.7. The highest BCUT2D eigenvalue weighted by Crippen LogP contribution is 2.39. The summed E-state index contributed by atoms with van der Waals surface area (Å²) in [7, 11) is -3.18. The van der Waals surface area contributed by atoms with E-state index in [9.17, 15) is 18.5 Å². The van der Waals surface area contributed by atoms with E-state index in [2.05, 4.69) is 14.8 Å². The minimum Gasteiger partial charge on any atom is -0.447 e. The van der Waals surface area contributed by atoms with Crippen LogP contribution in [0.2, 0.25) is 5.02 Å². The van der Waals surface area contributed by atoms with Gasteiger partial charge in [-0.05, 0) is 41.3 Å². The topological polar surface area (TPSA) is 138 Å². The summed E-state index contributed by atoms with van der Waals surface area (Å²) < 4.78 is 35.1. The number of aromatic nitrogens is 1. The van der Waals surface area contributed by atoms with Gasteiger partial charge in [0.15, 0.2) is 0 Å². The molecule has 41 heavy (non-hydrogen) atoms. The van der Waals surface area contributed by atoms with Crippen molar-refractivity contribution in [2.45, 2.75) is 46.6 Å². The van der Waals surface area contributed by atoms with Crippen LogP contribution in [0.4, 0.5) is 15.0 Å². The molecule has 3 N–H and O–H groups in total. The summed E-state index contributed by atoms with van der Waals surface area (Å²) in [6, 6.07) is 12.9. The molecule has 0 saturated heterocycles. The molecule has 0 radical (unpaired) electrons. The molecule has 224 valence electrons. The Balaban J connectivity index is 0.00000588. The SMILES string of the molecule is C.CN(C(=O)CCc1cccc(F)c1Cl)[C@H](COC(=O)Nc1cc2ccccc2cn1)CC(C)(C)COP(=O)(O)O. The summed E-state index contributed by atoms with van der Waals surface area (Å²) >= 11 is 6.01. The number of halogens is 2. The first-order valence-electron chi connectivity index (χ1n) is 12.4. The van der Waals surface area contributed by atoms with E-state index < -0.39 is 31.2 Å². The van der Waals surface area contributed by atoms with Crippen LogP contribution in [0.25, 0.3) is 10.8 Å². The Labute approximate surface area is 244 Å². The standard InChI is InChI=1S/C27H32ClFN3O7P.CH4/c1-27(2,17-39-40(35,36)37)14-21(32(3)24(33)12-11-18-9-6-10-22(29)25(18)28)16-38-26(34)31-23-13-19-7-4-5-8-20(19)15-30-23;/h4-10,13,15,21H,11-12,14,16-17H2,1-3H3,(H,30,31,34)(H2,35,36,37);1H4/t21-;/m0./s1. The van der Waals surface area contributed by atoms with Crippen molar-refractivity contribution in [2.24, 2.45) is 5.41 Å². The summed E-state index contributed by atoms with van der Waals surface area (Å²) in [5.41, 5.74) is -0.333. The van der Waals surface area contributed by atoms with Crippen LogP contribution in [-0.2, 0) is 25.0 Å². The van der Waals surface area contributed by atoms with Gasteiger partial charge in [0.05, 0.1) is 17.7 Å². The lowest BCUT2D eigenvalue weighted by atomic mass is 9.86. The minimum atomic E-state index is -4.72. The van der Waals surface area contributed by atoms with Crippen molar-refractivity contribution in [3.63, 3.8) is 0 Å². The van der Waals surface area contributed by atoms with Crippen LogP contribution >= 0.6 is 19.4 Å². The number of hydrogen-bond donors (Lipinski definition) is 3. The maximum atomic E-state index is 13.8. The first kappa shape index (κ1) is 34.1. The second-order valence-electron chi connectivity index (χ2n) is 10.1. The van der Waals surface area contributed by atoms with E-state index >= 15 is 0 Å². The molecule has 1 heterocycles. The van der Waals surface area contributed by atoms with E-state index in [0.29, 0.717) is 5.56 Å². The molecule has 0 aliphatic rings. The van der Waals surface area contributed by atoms with E-state index in [1.807, 2.05) is 24.3 Å². The fraction of sp³-hybridized carbons (Fsp3) is 0.393. The van der Waals surface area contributed by atoms with E-state index in [1.165, 1.54) is 24.1 Å². The van der Waals surface area contributed by atoms with Crippen molar-refractivity contribution < 1.29 is 37.6 Å². The maximum Gasteiger partial charge on any atom is 0.469 e. The number of nitrogens with zero attached hydrogens (tertiary/aromatic N) is 2. The van der Waals surface area contributed by atoms with Gasteiger partial charge < -0.3 is 19.4 Å². The van der Waals surface area contributed by atoms with Crippen LogP contribution in [0.5, 0.6) is 0 Å².